The largest absolute Gasteiger partial charge is 0.395 e. The fraction of sp³-hybridized carbons (Fsp3) is 0.303. The van der Waals surface area contributed by atoms with E-state index >= 15 is 0 Å². The molecule has 3 aromatic rings. The summed E-state index contributed by atoms with van der Waals surface area (Å²) in [5.41, 5.74) is 1.02. The molecule has 3 atom stereocenters. The van der Waals surface area contributed by atoms with Crippen molar-refractivity contribution < 1.29 is 29.7 Å². The zero-order valence-corrected chi connectivity index (χ0v) is 24.9. The van der Waals surface area contributed by atoms with Gasteiger partial charge in [0.15, 0.2) is 5.60 Å². The third-order valence-corrected chi connectivity index (χ3v) is 7.70. The van der Waals surface area contributed by atoms with Crippen LogP contribution in [0.15, 0.2) is 84.9 Å². The molecule has 0 aliphatic carbocycles. The number of rotatable bonds is 12. The third-order valence-electron chi connectivity index (χ3n) is 7.46. The maximum Gasteiger partial charge on any atom is 0.264 e. The van der Waals surface area contributed by atoms with E-state index in [1.807, 2.05) is 30.3 Å². The molecule has 226 valence electrons. The summed E-state index contributed by atoms with van der Waals surface area (Å²) in [6.45, 7) is 3.55. The van der Waals surface area contributed by atoms with E-state index in [1.54, 1.807) is 66.4 Å². The number of fused-ring (bicyclic) bond motifs is 1. The Balaban J connectivity index is 1.52. The number of nitrogens with one attached hydrogen (secondary N) is 1. The van der Waals surface area contributed by atoms with Crippen LogP contribution in [0, 0.1) is 5.92 Å². The van der Waals surface area contributed by atoms with E-state index in [1.165, 1.54) is 11.8 Å². The number of hydrogen-bond donors (Lipinski definition) is 4. The summed E-state index contributed by atoms with van der Waals surface area (Å²) < 4.78 is 0. The second-order valence-corrected chi connectivity index (χ2v) is 11.1. The number of aliphatic hydroxyl groups is 3. The summed E-state index contributed by atoms with van der Waals surface area (Å²) in [6, 6.07) is 21.3. The van der Waals surface area contributed by atoms with Gasteiger partial charge in [-0.2, -0.15) is 0 Å². The molecule has 0 radical (unpaired) electrons. The molecule has 43 heavy (non-hydrogen) atoms. The molecule has 10 heteroatoms. The zero-order chi connectivity index (χ0) is 31.1. The van der Waals surface area contributed by atoms with Crippen molar-refractivity contribution in [2.24, 2.45) is 5.92 Å². The number of nitrogens with zero attached hydrogens (tertiary/aromatic N) is 2. The minimum atomic E-state index is -1.94. The van der Waals surface area contributed by atoms with Gasteiger partial charge < -0.3 is 30.4 Å². The maximum atomic E-state index is 13.9. The van der Waals surface area contributed by atoms with Gasteiger partial charge in [-0.05, 0) is 48.4 Å². The van der Waals surface area contributed by atoms with Gasteiger partial charge in [0.1, 0.15) is 6.10 Å². The normalized spacial score (nSPS) is 17.5. The number of hydrogen-bond acceptors (Lipinski definition) is 6. The second kappa shape index (κ2) is 14.0. The van der Waals surface area contributed by atoms with Crippen LogP contribution < -0.4 is 10.2 Å². The smallest absolute Gasteiger partial charge is 0.264 e. The lowest BCUT2D eigenvalue weighted by atomic mass is 9.83. The molecule has 3 amide bonds. The Kier molecular flexibility index (Phi) is 10.4. The highest BCUT2D eigenvalue weighted by Gasteiger charge is 2.52. The number of carbonyl (C=O) groups excluding carboxylic acids is 3. The van der Waals surface area contributed by atoms with Crippen LogP contribution in [-0.4, -0.2) is 57.2 Å². The van der Waals surface area contributed by atoms with Crippen molar-refractivity contribution in [1.82, 2.24) is 4.90 Å². The van der Waals surface area contributed by atoms with E-state index in [2.05, 4.69) is 5.32 Å². The van der Waals surface area contributed by atoms with Crippen LogP contribution in [0.3, 0.4) is 0 Å². The van der Waals surface area contributed by atoms with Crippen LogP contribution >= 0.6 is 11.6 Å². The van der Waals surface area contributed by atoms with Crippen LogP contribution in [-0.2, 0) is 33.1 Å². The molecule has 1 aliphatic rings. The Labute approximate surface area is 256 Å². The Bertz CT molecular complexity index is 1490. The summed E-state index contributed by atoms with van der Waals surface area (Å²) in [7, 11) is 0. The lowest BCUT2D eigenvalue weighted by molar-refractivity contribution is -0.139. The standard InChI is InChI=1S/C33H36ClN3O6/c1-22(8-6-13-30(40)36(16-17-38)20-24-9-4-3-5-10-24)33(43)28-19-26(34)14-15-29(28)37(32(33)42)21-25-11-7-12-27(18-25)35-31(41)23(2)39/h3-12,14-15,18-19,22-23,38-39,43H,13,16-17,20-21H2,1-2H3,(H,35,41)/b8-6+/t22-,23+,33+/m1/s1. The molecule has 0 saturated heterocycles. The highest BCUT2D eigenvalue weighted by atomic mass is 35.5. The van der Waals surface area contributed by atoms with E-state index < -0.39 is 29.4 Å². The predicted molar refractivity (Wildman–Crippen MR) is 165 cm³/mol. The number of anilines is 2. The Morgan fingerprint density at radius 1 is 1.05 bits per heavy atom. The average molecular weight is 606 g/mol. The van der Waals surface area contributed by atoms with Crippen molar-refractivity contribution in [1.29, 1.82) is 0 Å². The fourth-order valence-corrected chi connectivity index (χ4v) is 5.28. The van der Waals surface area contributed by atoms with E-state index in [0.29, 0.717) is 34.1 Å². The summed E-state index contributed by atoms with van der Waals surface area (Å²) in [5.74, 6) is -2.01. The lowest BCUT2D eigenvalue weighted by Crippen LogP contribution is -2.44. The molecule has 4 rings (SSSR count). The molecule has 3 aromatic carbocycles. The van der Waals surface area contributed by atoms with Gasteiger partial charge in [-0.15, -0.1) is 0 Å². The highest BCUT2D eigenvalue weighted by Crippen LogP contribution is 2.46. The van der Waals surface area contributed by atoms with Crippen molar-refractivity contribution >= 4 is 40.7 Å². The maximum absolute atomic E-state index is 13.9. The molecule has 0 unspecified atom stereocenters. The monoisotopic (exact) mass is 605 g/mol. The quantitative estimate of drug-likeness (QED) is 0.231. The Morgan fingerprint density at radius 3 is 2.47 bits per heavy atom. The van der Waals surface area contributed by atoms with Gasteiger partial charge in [0.25, 0.3) is 11.8 Å². The fourth-order valence-electron chi connectivity index (χ4n) is 5.11. The SMILES string of the molecule is C[C@H](O)C(=O)Nc1cccc(CN2C(=O)[C@](O)([C@H](C)/C=C/CC(=O)N(CCO)Cc3ccccc3)c3cc(Cl)ccc32)c1. The minimum absolute atomic E-state index is 0.0263. The molecule has 0 spiro atoms. The Hall–Kier alpha value is -4.02. The van der Waals surface area contributed by atoms with E-state index in [-0.39, 0.29) is 32.0 Å². The minimum Gasteiger partial charge on any atom is -0.395 e. The first-order valence-corrected chi connectivity index (χ1v) is 14.4. The zero-order valence-electron chi connectivity index (χ0n) is 24.1. The summed E-state index contributed by atoms with van der Waals surface area (Å²) in [4.78, 5) is 41.8. The third kappa shape index (κ3) is 7.32. The molecule has 9 nitrogen and oxygen atoms in total. The van der Waals surface area contributed by atoms with Gasteiger partial charge in [0, 0.05) is 41.7 Å². The second-order valence-electron chi connectivity index (χ2n) is 10.6. The summed E-state index contributed by atoms with van der Waals surface area (Å²) >= 11 is 6.29. The van der Waals surface area contributed by atoms with Gasteiger partial charge in [-0.1, -0.05) is 73.1 Å². The number of amides is 3. The van der Waals surface area contributed by atoms with Gasteiger partial charge in [0.05, 0.1) is 18.8 Å². The van der Waals surface area contributed by atoms with Crippen LogP contribution in [0.25, 0.3) is 0 Å². The summed E-state index contributed by atoms with van der Waals surface area (Å²) in [6.07, 6.45) is 2.13. The van der Waals surface area contributed by atoms with Crippen molar-refractivity contribution in [3.8, 4) is 0 Å². The van der Waals surface area contributed by atoms with E-state index in [4.69, 9.17) is 11.6 Å². The predicted octanol–water partition coefficient (Wildman–Crippen LogP) is 4.00. The van der Waals surface area contributed by atoms with Crippen molar-refractivity contribution in [3.63, 3.8) is 0 Å². The molecule has 4 N–H and O–H groups in total. The van der Waals surface area contributed by atoms with Crippen LogP contribution in [0.5, 0.6) is 0 Å². The van der Waals surface area contributed by atoms with Gasteiger partial charge in [-0.3, -0.25) is 14.4 Å². The molecule has 0 fully saturated rings. The van der Waals surface area contributed by atoms with Crippen LogP contribution in [0.4, 0.5) is 11.4 Å². The summed E-state index contributed by atoms with van der Waals surface area (Å²) in [5, 5.41) is 33.9. The van der Waals surface area contributed by atoms with Gasteiger partial charge >= 0.3 is 0 Å². The first-order chi connectivity index (χ1) is 20.5. The Morgan fingerprint density at radius 2 is 1.77 bits per heavy atom. The van der Waals surface area contributed by atoms with Crippen molar-refractivity contribution in [3.05, 3.63) is 107 Å². The molecular weight excluding hydrogens is 570 g/mol. The molecule has 0 aromatic heterocycles. The van der Waals surface area contributed by atoms with Crippen LogP contribution in [0.1, 0.15) is 37.0 Å². The molecular formula is C33H36ClN3O6. The average Bonchev–Trinajstić information content (AvgIpc) is 3.19. The van der Waals surface area contributed by atoms with Crippen LogP contribution in [0.2, 0.25) is 5.02 Å². The number of benzene rings is 3. The van der Waals surface area contributed by atoms with Gasteiger partial charge in [0.2, 0.25) is 5.91 Å². The first kappa shape index (κ1) is 31.9. The van der Waals surface area contributed by atoms with Crippen molar-refractivity contribution in [2.75, 3.05) is 23.4 Å². The topological polar surface area (TPSA) is 130 Å². The highest BCUT2D eigenvalue weighted by molar-refractivity contribution is 6.31. The number of carbonyl (C=O) groups is 3. The van der Waals surface area contributed by atoms with Crippen molar-refractivity contribution in [2.45, 2.75) is 45.1 Å². The van der Waals surface area contributed by atoms with E-state index in [9.17, 15) is 29.7 Å². The lowest BCUT2D eigenvalue weighted by Gasteiger charge is -2.28. The number of halogens is 1. The molecule has 0 bridgehead atoms. The molecule has 1 aliphatic heterocycles. The molecule has 0 saturated carbocycles. The first-order valence-electron chi connectivity index (χ1n) is 14.1. The van der Waals surface area contributed by atoms with E-state index in [0.717, 1.165) is 5.56 Å². The number of aliphatic hydroxyl groups excluding tert-OH is 2. The van der Waals surface area contributed by atoms with Gasteiger partial charge in [-0.25, -0.2) is 0 Å². The molecule has 1 heterocycles.